The Bertz CT molecular complexity index is 574. The fourth-order valence-corrected chi connectivity index (χ4v) is 3.52. The first-order chi connectivity index (χ1) is 11.0. The van der Waals surface area contributed by atoms with Crippen molar-refractivity contribution >= 4 is 21.9 Å². The van der Waals surface area contributed by atoms with Crippen molar-refractivity contribution in [2.24, 2.45) is 5.92 Å². The molecule has 2 saturated carbocycles. The average molecular weight is 385 g/mol. The molecular weight excluding hydrogens is 363 g/mol. The average Bonchev–Trinajstić information content (AvgIpc) is 3.24. The summed E-state index contributed by atoms with van der Waals surface area (Å²) < 4.78 is 14.2. The molecule has 1 aromatic rings. The number of carboxylic acids is 1. The number of nitrogens with zero attached hydrogens (tertiary/aromatic N) is 1. The summed E-state index contributed by atoms with van der Waals surface area (Å²) in [6.07, 6.45) is 4.40. The highest BCUT2D eigenvalue weighted by Crippen LogP contribution is 2.34. The van der Waals surface area contributed by atoms with Crippen LogP contribution in [0.25, 0.3) is 0 Å². The minimum absolute atomic E-state index is 0.142. The molecule has 23 heavy (non-hydrogen) atoms. The number of aliphatic carboxylic acids is 1. The Labute approximate surface area is 144 Å². The van der Waals surface area contributed by atoms with E-state index in [-0.39, 0.29) is 12.4 Å². The van der Waals surface area contributed by atoms with Crippen LogP contribution >= 0.6 is 15.9 Å². The van der Waals surface area contributed by atoms with E-state index in [1.807, 2.05) is 0 Å². The Kier molecular flexibility index (Phi) is 5.34. The number of nitrogens with one attached hydrogen (secondary N) is 1. The summed E-state index contributed by atoms with van der Waals surface area (Å²) in [6, 6.07) is 5.44. The van der Waals surface area contributed by atoms with E-state index >= 15 is 0 Å². The Morgan fingerprint density at radius 3 is 2.78 bits per heavy atom. The third-order valence-corrected chi connectivity index (χ3v) is 5.52. The maximum atomic E-state index is 13.3. The molecule has 0 amide bonds. The molecule has 0 heterocycles. The second kappa shape index (κ2) is 7.28. The lowest BCUT2D eigenvalue weighted by atomic mass is 9.85. The molecule has 0 aliphatic heterocycles. The van der Waals surface area contributed by atoms with E-state index in [9.17, 15) is 9.18 Å². The summed E-state index contributed by atoms with van der Waals surface area (Å²) in [5, 5.41) is 12.5. The number of rotatable bonds is 8. The van der Waals surface area contributed by atoms with E-state index < -0.39 is 5.97 Å². The van der Waals surface area contributed by atoms with Crippen molar-refractivity contribution in [1.82, 2.24) is 10.2 Å². The van der Waals surface area contributed by atoms with Crippen molar-refractivity contribution in [2.45, 2.75) is 44.3 Å². The molecule has 0 radical (unpaired) electrons. The van der Waals surface area contributed by atoms with Crippen molar-refractivity contribution in [3.8, 4) is 0 Å². The Morgan fingerprint density at radius 2 is 2.13 bits per heavy atom. The summed E-state index contributed by atoms with van der Waals surface area (Å²) in [5.74, 6) is -0.274. The van der Waals surface area contributed by atoms with E-state index in [2.05, 4.69) is 26.1 Å². The molecule has 126 valence electrons. The largest absolute Gasteiger partial charge is 0.480 e. The van der Waals surface area contributed by atoms with Gasteiger partial charge in [0.1, 0.15) is 5.82 Å². The summed E-state index contributed by atoms with van der Waals surface area (Å²) in [7, 11) is 0. The molecule has 3 rings (SSSR count). The van der Waals surface area contributed by atoms with Gasteiger partial charge in [0.2, 0.25) is 0 Å². The van der Waals surface area contributed by atoms with E-state index in [4.69, 9.17) is 5.11 Å². The first-order valence-electron chi connectivity index (χ1n) is 8.14. The minimum atomic E-state index is -0.745. The van der Waals surface area contributed by atoms with Gasteiger partial charge < -0.3 is 10.4 Å². The first kappa shape index (κ1) is 16.9. The van der Waals surface area contributed by atoms with Crippen LogP contribution in [0.15, 0.2) is 22.7 Å². The summed E-state index contributed by atoms with van der Waals surface area (Å²) in [6.45, 7) is 1.68. The predicted molar refractivity (Wildman–Crippen MR) is 89.7 cm³/mol. The van der Waals surface area contributed by atoms with Gasteiger partial charge >= 0.3 is 5.97 Å². The fourth-order valence-electron chi connectivity index (χ4n) is 3.13. The van der Waals surface area contributed by atoms with Crippen LogP contribution in [0.2, 0.25) is 0 Å². The number of carbonyl (C=O) groups is 1. The third kappa shape index (κ3) is 4.75. The predicted octanol–water partition coefficient (Wildman–Crippen LogP) is 3.01. The van der Waals surface area contributed by atoms with Gasteiger partial charge in [-0.25, -0.2) is 4.39 Å². The SMILES string of the molecule is O=C(O)CN(CC1CC1)C1CC(NCc2cc(F)ccc2Br)C1. The molecule has 0 atom stereocenters. The minimum Gasteiger partial charge on any atom is -0.480 e. The number of carboxylic acid groups (broad SMARTS) is 1. The lowest BCUT2D eigenvalue weighted by Crippen LogP contribution is -2.54. The van der Waals surface area contributed by atoms with Crippen LogP contribution in [-0.4, -0.2) is 41.1 Å². The lowest BCUT2D eigenvalue weighted by Gasteiger charge is -2.43. The molecule has 0 saturated heterocycles. The van der Waals surface area contributed by atoms with Crippen molar-refractivity contribution in [3.63, 3.8) is 0 Å². The topological polar surface area (TPSA) is 52.6 Å². The van der Waals surface area contributed by atoms with Crippen LogP contribution in [-0.2, 0) is 11.3 Å². The van der Waals surface area contributed by atoms with Gasteiger partial charge in [-0.3, -0.25) is 9.69 Å². The number of hydrogen-bond donors (Lipinski definition) is 2. The molecule has 6 heteroatoms. The van der Waals surface area contributed by atoms with Gasteiger partial charge in [0.25, 0.3) is 0 Å². The lowest BCUT2D eigenvalue weighted by molar-refractivity contribution is -0.139. The highest BCUT2D eigenvalue weighted by atomic mass is 79.9. The van der Waals surface area contributed by atoms with Gasteiger partial charge in [-0.05, 0) is 55.4 Å². The molecule has 0 spiro atoms. The second-order valence-electron chi connectivity index (χ2n) is 6.71. The Morgan fingerprint density at radius 1 is 1.39 bits per heavy atom. The molecule has 2 aliphatic carbocycles. The zero-order valence-electron chi connectivity index (χ0n) is 13.0. The van der Waals surface area contributed by atoms with Crippen LogP contribution in [0.5, 0.6) is 0 Å². The van der Waals surface area contributed by atoms with Crippen LogP contribution in [0, 0.1) is 11.7 Å². The third-order valence-electron chi connectivity index (χ3n) is 4.75. The smallest absolute Gasteiger partial charge is 0.317 e. The van der Waals surface area contributed by atoms with Gasteiger partial charge in [-0.1, -0.05) is 15.9 Å². The fraction of sp³-hybridized carbons (Fsp3) is 0.588. The van der Waals surface area contributed by atoms with Gasteiger partial charge in [-0.15, -0.1) is 0 Å². The van der Waals surface area contributed by atoms with Gasteiger partial charge in [0, 0.05) is 29.6 Å². The summed E-state index contributed by atoms with van der Waals surface area (Å²) in [4.78, 5) is 13.1. The number of hydrogen-bond acceptors (Lipinski definition) is 3. The van der Waals surface area contributed by atoms with E-state index in [1.165, 1.54) is 25.0 Å². The molecule has 2 fully saturated rings. The maximum Gasteiger partial charge on any atom is 0.317 e. The zero-order chi connectivity index (χ0) is 16.4. The zero-order valence-corrected chi connectivity index (χ0v) is 14.6. The van der Waals surface area contributed by atoms with Gasteiger partial charge in [0.15, 0.2) is 0 Å². The summed E-state index contributed by atoms with van der Waals surface area (Å²) >= 11 is 3.44. The normalized spacial score (nSPS) is 23.8. The maximum absolute atomic E-state index is 13.3. The molecule has 1 aromatic carbocycles. The number of halogens is 2. The highest BCUT2D eigenvalue weighted by Gasteiger charge is 2.36. The van der Waals surface area contributed by atoms with Gasteiger partial charge in [0.05, 0.1) is 6.54 Å². The highest BCUT2D eigenvalue weighted by molar-refractivity contribution is 9.10. The molecule has 0 unspecified atom stereocenters. The summed E-state index contributed by atoms with van der Waals surface area (Å²) in [5.41, 5.74) is 0.911. The Balaban J connectivity index is 1.45. The monoisotopic (exact) mass is 384 g/mol. The van der Waals surface area contributed by atoms with E-state index in [1.54, 1.807) is 6.07 Å². The molecule has 2 N–H and O–H groups in total. The Hall–Kier alpha value is -0.980. The van der Waals surface area contributed by atoms with Crippen LogP contribution in [0.1, 0.15) is 31.2 Å². The van der Waals surface area contributed by atoms with Crippen molar-refractivity contribution in [2.75, 3.05) is 13.1 Å². The molecular formula is C17H22BrFN2O2. The first-order valence-corrected chi connectivity index (χ1v) is 8.93. The molecule has 0 bridgehead atoms. The molecule has 2 aliphatic rings. The van der Waals surface area contributed by atoms with E-state index in [0.29, 0.717) is 24.5 Å². The standard InChI is InChI=1S/C17H22BrFN2O2/c18-16-4-3-13(19)5-12(16)8-20-14-6-15(7-14)21(10-17(22)23)9-11-1-2-11/h3-5,11,14-15,20H,1-2,6-10H2,(H,22,23). The molecule has 4 nitrogen and oxygen atoms in total. The molecule has 0 aromatic heterocycles. The van der Waals surface area contributed by atoms with Gasteiger partial charge in [-0.2, -0.15) is 0 Å². The van der Waals surface area contributed by atoms with Crippen LogP contribution in [0.4, 0.5) is 4.39 Å². The van der Waals surface area contributed by atoms with Crippen molar-refractivity contribution in [1.29, 1.82) is 0 Å². The van der Waals surface area contributed by atoms with Crippen LogP contribution in [0.3, 0.4) is 0 Å². The van der Waals surface area contributed by atoms with Crippen LogP contribution < -0.4 is 5.32 Å². The quantitative estimate of drug-likeness (QED) is 0.723. The van der Waals surface area contributed by atoms with Crippen molar-refractivity contribution in [3.05, 3.63) is 34.1 Å². The van der Waals surface area contributed by atoms with E-state index in [0.717, 1.165) is 29.4 Å². The van der Waals surface area contributed by atoms with Crippen molar-refractivity contribution < 1.29 is 14.3 Å². The second-order valence-corrected chi connectivity index (χ2v) is 7.56. The number of benzene rings is 1.